The van der Waals surface area contributed by atoms with Crippen molar-refractivity contribution < 1.29 is 19.2 Å². The van der Waals surface area contributed by atoms with Crippen LogP contribution in [0.2, 0.25) is 0 Å². The predicted molar refractivity (Wildman–Crippen MR) is 155 cm³/mol. The summed E-state index contributed by atoms with van der Waals surface area (Å²) in [7, 11) is 0. The second-order valence-electron chi connectivity index (χ2n) is 12.4. The first-order valence-electron chi connectivity index (χ1n) is 15.6. The maximum Gasteiger partial charge on any atom is 0.312 e. The van der Waals surface area contributed by atoms with Crippen LogP contribution in [0.15, 0.2) is 30.3 Å². The zero-order valence-electron chi connectivity index (χ0n) is 24.5. The molecule has 40 heavy (non-hydrogen) atoms. The van der Waals surface area contributed by atoms with Crippen molar-refractivity contribution in [2.45, 2.75) is 96.6 Å². The molecule has 220 valence electrons. The summed E-state index contributed by atoms with van der Waals surface area (Å²) in [6.07, 6.45) is 11.3. The van der Waals surface area contributed by atoms with Crippen molar-refractivity contribution in [3.8, 4) is 0 Å². The van der Waals surface area contributed by atoms with E-state index >= 15 is 0 Å². The summed E-state index contributed by atoms with van der Waals surface area (Å²) in [5, 5.41) is 2.73. The van der Waals surface area contributed by atoms with Gasteiger partial charge in [-0.3, -0.25) is 19.2 Å². The molecule has 0 unspecified atom stereocenters. The summed E-state index contributed by atoms with van der Waals surface area (Å²) in [6, 6.07) is 10.0. The van der Waals surface area contributed by atoms with Gasteiger partial charge in [-0.15, -0.1) is 0 Å². The van der Waals surface area contributed by atoms with Crippen LogP contribution in [0, 0.1) is 11.8 Å². The Kier molecular flexibility index (Phi) is 11.0. The van der Waals surface area contributed by atoms with Crippen LogP contribution in [-0.4, -0.2) is 83.1 Å². The van der Waals surface area contributed by atoms with E-state index in [1.54, 1.807) is 9.80 Å². The van der Waals surface area contributed by atoms with Crippen LogP contribution in [0.25, 0.3) is 0 Å². The number of carbonyl (C=O) groups excluding carboxylic acids is 4. The average molecular weight is 553 g/mol. The lowest BCUT2D eigenvalue weighted by Gasteiger charge is -2.42. The van der Waals surface area contributed by atoms with Crippen LogP contribution in [0.5, 0.6) is 0 Å². The Balaban J connectivity index is 1.28. The molecule has 1 aromatic carbocycles. The maximum absolute atomic E-state index is 13.2. The number of carbonyl (C=O) groups is 4. The topological polar surface area (TPSA) is 90.0 Å². The zero-order chi connectivity index (χ0) is 28.5. The molecule has 0 radical (unpaired) electrons. The van der Waals surface area contributed by atoms with Crippen molar-refractivity contribution in [2.75, 3.05) is 32.7 Å². The Bertz CT molecular complexity index is 1010. The molecule has 1 aliphatic carbocycles. The van der Waals surface area contributed by atoms with E-state index in [4.69, 9.17) is 0 Å². The van der Waals surface area contributed by atoms with E-state index in [2.05, 4.69) is 19.2 Å². The van der Waals surface area contributed by atoms with Crippen LogP contribution < -0.4 is 5.32 Å². The monoisotopic (exact) mass is 552 g/mol. The maximum atomic E-state index is 13.2. The highest BCUT2D eigenvalue weighted by Crippen LogP contribution is 2.28. The molecule has 0 spiro atoms. The highest BCUT2D eigenvalue weighted by molar-refractivity contribution is 6.36. The molecule has 0 aromatic heterocycles. The number of benzene rings is 1. The number of amides is 4. The van der Waals surface area contributed by atoms with Gasteiger partial charge in [0.1, 0.15) is 0 Å². The van der Waals surface area contributed by atoms with Crippen LogP contribution >= 0.6 is 0 Å². The average Bonchev–Trinajstić information content (AvgIpc) is 2.95. The summed E-state index contributed by atoms with van der Waals surface area (Å²) in [6.45, 7) is 7.17. The Morgan fingerprint density at radius 1 is 0.800 bits per heavy atom. The minimum Gasteiger partial charge on any atom is -0.346 e. The minimum atomic E-state index is -0.536. The number of unbranched alkanes of at least 4 members (excludes halogenated alkanes) is 1. The van der Waals surface area contributed by atoms with Crippen molar-refractivity contribution in [3.63, 3.8) is 0 Å². The molecule has 8 heteroatoms. The van der Waals surface area contributed by atoms with Gasteiger partial charge in [-0.05, 0) is 55.9 Å². The van der Waals surface area contributed by atoms with Crippen LogP contribution in [0.3, 0.4) is 0 Å². The molecular weight excluding hydrogens is 504 g/mol. The lowest BCUT2D eigenvalue weighted by molar-refractivity contribution is -0.159. The summed E-state index contributed by atoms with van der Waals surface area (Å²) in [5.74, 6) is -0.572. The molecule has 2 atom stereocenters. The van der Waals surface area contributed by atoms with E-state index < -0.39 is 11.8 Å². The summed E-state index contributed by atoms with van der Waals surface area (Å²) in [5.41, 5.74) is 1.14. The first-order chi connectivity index (χ1) is 19.3. The number of nitrogens with one attached hydrogen (secondary N) is 1. The Labute approximate surface area is 239 Å². The van der Waals surface area contributed by atoms with E-state index in [0.717, 1.165) is 37.7 Å². The van der Waals surface area contributed by atoms with E-state index in [9.17, 15) is 19.2 Å². The van der Waals surface area contributed by atoms with E-state index in [-0.39, 0.29) is 23.9 Å². The fourth-order valence-electron chi connectivity index (χ4n) is 6.69. The van der Waals surface area contributed by atoms with Gasteiger partial charge in [0.05, 0.1) is 6.04 Å². The Morgan fingerprint density at radius 3 is 2.25 bits per heavy atom. The summed E-state index contributed by atoms with van der Waals surface area (Å²) < 4.78 is 0. The third-order valence-electron chi connectivity index (χ3n) is 8.94. The smallest absolute Gasteiger partial charge is 0.312 e. The normalized spacial score (nSPS) is 22.8. The van der Waals surface area contributed by atoms with Crippen molar-refractivity contribution in [1.29, 1.82) is 0 Å². The second-order valence-corrected chi connectivity index (χ2v) is 12.4. The highest BCUT2D eigenvalue weighted by Gasteiger charge is 2.39. The SMILES string of the molecule is CC(C)C[C@H]1CN(CCCC[C@@H]2CNC(=O)C(=O)N2CCc2ccccc2)C(=O)C(=O)N1CCC1CCCCC1. The van der Waals surface area contributed by atoms with Crippen molar-refractivity contribution in [1.82, 2.24) is 20.0 Å². The number of hydrogen-bond donors (Lipinski definition) is 1. The molecule has 3 aliphatic rings. The fourth-order valence-corrected chi connectivity index (χ4v) is 6.69. The largest absolute Gasteiger partial charge is 0.346 e. The zero-order valence-corrected chi connectivity index (χ0v) is 24.5. The first-order valence-corrected chi connectivity index (χ1v) is 15.6. The standard InChI is InChI=1S/C32H48N4O4/c1-24(2)21-28-23-34(31(39)32(40)36(28)20-17-26-13-7-4-8-14-26)18-10-9-15-27-22-33-29(37)30(38)35(27)19-16-25-11-5-3-6-12-25/h3,5-6,11-12,24,26-28H,4,7-10,13-23H2,1-2H3,(H,33,37)/t27-,28+/m1/s1. The number of nitrogens with zero attached hydrogens (tertiary/aromatic N) is 3. The third-order valence-corrected chi connectivity index (χ3v) is 8.94. The Morgan fingerprint density at radius 2 is 1.52 bits per heavy atom. The number of piperazine rings is 2. The molecule has 2 aliphatic heterocycles. The van der Waals surface area contributed by atoms with E-state index in [1.165, 1.54) is 32.1 Å². The first kappa shape index (κ1) is 30.1. The van der Waals surface area contributed by atoms with Gasteiger partial charge < -0.3 is 20.0 Å². The van der Waals surface area contributed by atoms with Gasteiger partial charge in [-0.2, -0.15) is 0 Å². The lowest BCUT2D eigenvalue weighted by Crippen LogP contribution is -2.60. The second kappa shape index (κ2) is 14.6. The van der Waals surface area contributed by atoms with Crippen LogP contribution in [0.1, 0.15) is 83.6 Å². The number of rotatable bonds is 13. The van der Waals surface area contributed by atoms with E-state index in [1.807, 2.05) is 35.2 Å². The van der Waals surface area contributed by atoms with Crippen molar-refractivity contribution in [3.05, 3.63) is 35.9 Å². The molecule has 3 fully saturated rings. The molecule has 1 saturated carbocycles. The molecule has 4 rings (SSSR count). The third kappa shape index (κ3) is 8.07. The lowest BCUT2D eigenvalue weighted by atomic mass is 9.86. The van der Waals surface area contributed by atoms with Crippen LogP contribution in [-0.2, 0) is 25.6 Å². The number of hydrogen-bond acceptors (Lipinski definition) is 4. The van der Waals surface area contributed by atoms with Crippen molar-refractivity contribution >= 4 is 23.6 Å². The molecule has 1 aromatic rings. The molecule has 8 nitrogen and oxygen atoms in total. The quantitative estimate of drug-likeness (QED) is 0.298. The molecule has 2 saturated heterocycles. The van der Waals surface area contributed by atoms with Gasteiger partial charge in [0, 0.05) is 38.8 Å². The van der Waals surface area contributed by atoms with Gasteiger partial charge in [0.25, 0.3) is 0 Å². The van der Waals surface area contributed by atoms with Gasteiger partial charge in [0.15, 0.2) is 0 Å². The van der Waals surface area contributed by atoms with Gasteiger partial charge in [-0.1, -0.05) is 76.3 Å². The minimum absolute atomic E-state index is 0.0587. The van der Waals surface area contributed by atoms with E-state index in [0.29, 0.717) is 51.0 Å². The Hall–Kier alpha value is -2.90. The highest BCUT2D eigenvalue weighted by atomic mass is 16.2. The van der Waals surface area contributed by atoms with Crippen LogP contribution in [0.4, 0.5) is 0 Å². The van der Waals surface area contributed by atoms with Crippen molar-refractivity contribution in [2.24, 2.45) is 11.8 Å². The van der Waals surface area contributed by atoms with Gasteiger partial charge in [0.2, 0.25) is 0 Å². The summed E-state index contributed by atoms with van der Waals surface area (Å²) in [4.78, 5) is 56.4. The molecule has 4 amide bonds. The molecule has 0 bridgehead atoms. The molecular formula is C32H48N4O4. The molecule has 2 heterocycles. The fraction of sp³-hybridized carbons (Fsp3) is 0.688. The predicted octanol–water partition coefficient (Wildman–Crippen LogP) is 3.78. The molecule has 1 N–H and O–H groups in total. The van der Waals surface area contributed by atoms with Gasteiger partial charge in [-0.25, -0.2) is 0 Å². The summed E-state index contributed by atoms with van der Waals surface area (Å²) >= 11 is 0. The van der Waals surface area contributed by atoms with Gasteiger partial charge >= 0.3 is 23.6 Å².